The minimum absolute atomic E-state index is 0.0491. The van der Waals surface area contributed by atoms with E-state index in [1.54, 1.807) is 48.5 Å². The van der Waals surface area contributed by atoms with Gasteiger partial charge in [-0.05, 0) is 57.2 Å². The van der Waals surface area contributed by atoms with Crippen molar-refractivity contribution in [2.45, 2.75) is 37.8 Å². The number of carbonyl (C=O) groups is 3. The highest BCUT2D eigenvalue weighted by molar-refractivity contribution is 8.00. The molecular weight excluding hydrogens is 398 g/mol. The molecule has 148 valence electrons. The van der Waals surface area contributed by atoms with Gasteiger partial charge < -0.3 is 10.1 Å². The lowest BCUT2D eigenvalue weighted by atomic mass is 10.1. The molecule has 0 radical (unpaired) electrons. The standard InChI is InChI=1S/C21H22ClNO4S/c1-13(2)23-19(24)12-28-18-7-5-4-6-17(18)21(26)27-14(3)20(25)15-8-10-16(22)11-9-15/h4-11,13-14H,12H2,1-3H3,(H,23,24)/t14-/m0/s1. The van der Waals surface area contributed by atoms with Crippen molar-refractivity contribution >= 4 is 41.0 Å². The average molecular weight is 420 g/mol. The summed E-state index contributed by atoms with van der Waals surface area (Å²) in [6.45, 7) is 5.29. The predicted octanol–water partition coefficient (Wildman–Crippen LogP) is 4.38. The molecule has 5 nitrogen and oxygen atoms in total. The summed E-state index contributed by atoms with van der Waals surface area (Å²) in [5.41, 5.74) is 0.735. The van der Waals surface area contributed by atoms with Crippen LogP contribution >= 0.6 is 23.4 Å². The first-order valence-corrected chi connectivity index (χ1v) is 10.2. The van der Waals surface area contributed by atoms with Gasteiger partial charge in [0, 0.05) is 21.5 Å². The first kappa shape index (κ1) is 22.0. The zero-order chi connectivity index (χ0) is 20.7. The van der Waals surface area contributed by atoms with Crippen LogP contribution in [0.1, 0.15) is 41.5 Å². The number of rotatable bonds is 8. The van der Waals surface area contributed by atoms with E-state index < -0.39 is 12.1 Å². The summed E-state index contributed by atoms with van der Waals surface area (Å²) in [6.07, 6.45) is -0.948. The van der Waals surface area contributed by atoms with Crippen LogP contribution in [-0.4, -0.2) is 35.6 Å². The number of amides is 1. The Labute approximate surface area is 173 Å². The normalized spacial score (nSPS) is 11.8. The van der Waals surface area contributed by atoms with Crippen LogP contribution in [0.15, 0.2) is 53.4 Å². The van der Waals surface area contributed by atoms with Crippen molar-refractivity contribution in [2.75, 3.05) is 5.75 Å². The number of esters is 1. The second-order valence-electron chi connectivity index (χ2n) is 6.43. The summed E-state index contributed by atoms with van der Waals surface area (Å²) in [4.78, 5) is 37.5. The Morgan fingerprint density at radius 2 is 1.68 bits per heavy atom. The maximum absolute atomic E-state index is 12.6. The Hall–Kier alpha value is -2.31. The minimum Gasteiger partial charge on any atom is -0.451 e. The van der Waals surface area contributed by atoms with Crippen LogP contribution in [0.2, 0.25) is 5.02 Å². The number of ketones is 1. The quantitative estimate of drug-likeness (QED) is 0.390. The van der Waals surface area contributed by atoms with Crippen LogP contribution in [0, 0.1) is 0 Å². The van der Waals surface area contributed by atoms with Gasteiger partial charge in [0.1, 0.15) is 0 Å². The molecule has 1 amide bonds. The molecule has 28 heavy (non-hydrogen) atoms. The summed E-state index contributed by atoms with van der Waals surface area (Å²) < 4.78 is 5.36. The molecule has 0 bridgehead atoms. The molecule has 7 heteroatoms. The Bertz CT molecular complexity index is 852. The van der Waals surface area contributed by atoms with Crippen LogP contribution in [0.4, 0.5) is 0 Å². The number of hydrogen-bond donors (Lipinski definition) is 1. The number of thioether (sulfide) groups is 1. The van der Waals surface area contributed by atoms with Crippen LogP contribution in [0.5, 0.6) is 0 Å². The molecule has 0 saturated heterocycles. The molecule has 0 fully saturated rings. The summed E-state index contributed by atoms with van der Waals surface area (Å²) in [7, 11) is 0. The Balaban J connectivity index is 2.04. The van der Waals surface area contributed by atoms with E-state index in [2.05, 4.69) is 5.32 Å². The number of nitrogens with one attached hydrogen (secondary N) is 1. The van der Waals surface area contributed by atoms with Gasteiger partial charge in [0.2, 0.25) is 11.7 Å². The van der Waals surface area contributed by atoms with Gasteiger partial charge in [-0.25, -0.2) is 4.79 Å². The second kappa shape index (κ2) is 10.3. The maximum atomic E-state index is 12.6. The van der Waals surface area contributed by atoms with E-state index in [4.69, 9.17) is 16.3 Å². The van der Waals surface area contributed by atoms with Gasteiger partial charge in [-0.1, -0.05) is 23.7 Å². The highest BCUT2D eigenvalue weighted by atomic mass is 35.5. The van der Waals surface area contributed by atoms with E-state index in [0.717, 1.165) is 0 Å². The van der Waals surface area contributed by atoms with Crippen molar-refractivity contribution in [1.82, 2.24) is 5.32 Å². The Morgan fingerprint density at radius 3 is 2.32 bits per heavy atom. The lowest BCUT2D eigenvalue weighted by Crippen LogP contribution is -2.31. The molecule has 2 rings (SSSR count). The van der Waals surface area contributed by atoms with Crippen LogP contribution < -0.4 is 5.32 Å². The molecule has 1 N–H and O–H groups in total. The average Bonchev–Trinajstić information content (AvgIpc) is 2.66. The molecule has 0 heterocycles. The monoisotopic (exact) mass is 419 g/mol. The minimum atomic E-state index is -0.948. The molecule has 0 aliphatic rings. The largest absolute Gasteiger partial charge is 0.451 e. The predicted molar refractivity (Wildman–Crippen MR) is 111 cm³/mol. The highest BCUT2D eigenvalue weighted by Crippen LogP contribution is 2.24. The molecule has 0 unspecified atom stereocenters. The summed E-state index contributed by atoms with van der Waals surface area (Å²) >= 11 is 7.08. The van der Waals surface area contributed by atoms with E-state index in [-0.39, 0.29) is 23.5 Å². The van der Waals surface area contributed by atoms with E-state index in [0.29, 0.717) is 21.0 Å². The molecule has 0 spiro atoms. The summed E-state index contributed by atoms with van der Waals surface area (Å²) in [5, 5.41) is 3.32. The third-order valence-corrected chi connectivity index (χ3v) is 5.02. The topological polar surface area (TPSA) is 72.5 Å². The Kier molecular flexibility index (Phi) is 8.08. The third-order valence-electron chi connectivity index (χ3n) is 3.70. The number of hydrogen-bond acceptors (Lipinski definition) is 5. The van der Waals surface area contributed by atoms with E-state index in [1.807, 2.05) is 13.8 Å². The molecule has 2 aromatic rings. The van der Waals surface area contributed by atoms with Crippen molar-refractivity contribution in [2.24, 2.45) is 0 Å². The molecule has 2 aromatic carbocycles. The lowest BCUT2D eigenvalue weighted by Gasteiger charge is -2.14. The number of carbonyl (C=O) groups excluding carboxylic acids is 3. The maximum Gasteiger partial charge on any atom is 0.339 e. The van der Waals surface area contributed by atoms with Gasteiger partial charge in [-0.2, -0.15) is 0 Å². The van der Waals surface area contributed by atoms with Gasteiger partial charge >= 0.3 is 5.97 Å². The van der Waals surface area contributed by atoms with E-state index in [1.165, 1.54) is 18.7 Å². The molecule has 0 aliphatic carbocycles. The SMILES string of the molecule is CC(C)NC(=O)CSc1ccccc1C(=O)O[C@@H](C)C(=O)c1ccc(Cl)cc1. The molecule has 1 atom stereocenters. The number of ether oxygens (including phenoxy) is 1. The van der Waals surface area contributed by atoms with Gasteiger partial charge in [0.15, 0.2) is 6.10 Å². The zero-order valence-corrected chi connectivity index (χ0v) is 17.5. The lowest BCUT2D eigenvalue weighted by molar-refractivity contribution is -0.119. The van der Waals surface area contributed by atoms with Gasteiger partial charge in [-0.3, -0.25) is 9.59 Å². The van der Waals surface area contributed by atoms with Crippen LogP contribution in [-0.2, 0) is 9.53 Å². The summed E-state index contributed by atoms with van der Waals surface area (Å²) in [5.74, 6) is -0.857. The van der Waals surface area contributed by atoms with Crippen molar-refractivity contribution in [1.29, 1.82) is 0 Å². The van der Waals surface area contributed by atoms with Crippen LogP contribution in [0.3, 0.4) is 0 Å². The van der Waals surface area contributed by atoms with Gasteiger partial charge in [0.25, 0.3) is 0 Å². The van der Waals surface area contributed by atoms with E-state index in [9.17, 15) is 14.4 Å². The number of benzene rings is 2. The number of Topliss-reactive ketones (excluding diaryl/α,β-unsaturated/α-hetero) is 1. The molecule has 0 saturated carbocycles. The molecular formula is C21H22ClNO4S. The van der Waals surface area contributed by atoms with Crippen LogP contribution in [0.25, 0.3) is 0 Å². The first-order valence-electron chi connectivity index (χ1n) is 8.80. The van der Waals surface area contributed by atoms with Gasteiger partial charge in [0.05, 0.1) is 11.3 Å². The Morgan fingerprint density at radius 1 is 1.04 bits per heavy atom. The second-order valence-corrected chi connectivity index (χ2v) is 7.88. The van der Waals surface area contributed by atoms with Gasteiger partial charge in [-0.15, -0.1) is 11.8 Å². The fourth-order valence-corrected chi connectivity index (χ4v) is 3.37. The molecule has 0 aromatic heterocycles. The summed E-state index contributed by atoms with van der Waals surface area (Å²) in [6, 6.07) is 13.3. The first-order chi connectivity index (χ1) is 13.3. The van der Waals surface area contributed by atoms with Crippen molar-refractivity contribution in [3.63, 3.8) is 0 Å². The highest BCUT2D eigenvalue weighted by Gasteiger charge is 2.22. The van der Waals surface area contributed by atoms with Crippen molar-refractivity contribution in [3.8, 4) is 0 Å². The zero-order valence-electron chi connectivity index (χ0n) is 15.9. The molecule has 0 aliphatic heterocycles. The number of halogens is 1. The fraction of sp³-hybridized carbons (Fsp3) is 0.286. The third kappa shape index (κ3) is 6.39. The van der Waals surface area contributed by atoms with Crippen molar-refractivity contribution in [3.05, 3.63) is 64.7 Å². The smallest absolute Gasteiger partial charge is 0.339 e. The fourth-order valence-electron chi connectivity index (χ4n) is 2.39. The van der Waals surface area contributed by atoms with Crippen molar-refractivity contribution < 1.29 is 19.1 Å². The van der Waals surface area contributed by atoms with E-state index >= 15 is 0 Å².